The molecular weight excluding hydrogens is 218 g/mol. The number of aryl methyl sites for hydroxylation is 1. The van der Waals surface area contributed by atoms with Crippen molar-refractivity contribution in [3.63, 3.8) is 0 Å². The Hall–Kier alpha value is -1.19. The van der Waals surface area contributed by atoms with Crippen molar-refractivity contribution in [2.45, 2.75) is 25.9 Å². The maximum Gasteiger partial charge on any atom is 0.0794 e. The average molecular weight is 233 g/mol. The van der Waals surface area contributed by atoms with Gasteiger partial charge in [0.15, 0.2) is 0 Å². The third-order valence-electron chi connectivity index (χ3n) is 2.47. The fourth-order valence-corrected chi connectivity index (χ4v) is 2.43. The molecule has 84 valence electrons. The number of aliphatic hydroxyl groups excluding tert-OH is 1. The molecular formula is C13H15NOS. The molecule has 2 nitrogen and oxygen atoms in total. The van der Waals surface area contributed by atoms with Gasteiger partial charge in [-0.1, -0.05) is 29.8 Å². The molecule has 0 saturated heterocycles. The molecule has 0 amide bonds. The first-order valence-electron chi connectivity index (χ1n) is 5.35. The number of nitrogens with zero attached hydrogens (tertiary/aromatic N) is 1. The Bertz CT molecular complexity index is 439. The van der Waals surface area contributed by atoms with Crippen molar-refractivity contribution in [1.82, 2.24) is 4.98 Å². The molecule has 0 saturated carbocycles. The SMILES string of the molecule is Cc1cccc(CC(O)Cc2cncs2)c1. The van der Waals surface area contributed by atoms with Gasteiger partial charge in [-0.25, -0.2) is 0 Å². The quantitative estimate of drug-likeness (QED) is 0.880. The van der Waals surface area contributed by atoms with Crippen LogP contribution in [0.4, 0.5) is 0 Å². The Morgan fingerprint density at radius 2 is 2.25 bits per heavy atom. The Kier molecular flexibility index (Phi) is 3.70. The molecule has 1 N–H and O–H groups in total. The highest BCUT2D eigenvalue weighted by Crippen LogP contribution is 2.13. The summed E-state index contributed by atoms with van der Waals surface area (Å²) in [5.41, 5.74) is 4.23. The van der Waals surface area contributed by atoms with Crippen LogP contribution in [-0.2, 0) is 12.8 Å². The second-order valence-corrected chi connectivity index (χ2v) is 4.99. The van der Waals surface area contributed by atoms with Crippen LogP contribution in [0.5, 0.6) is 0 Å². The minimum Gasteiger partial charge on any atom is -0.392 e. The molecule has 1 atom stereocenters. The summed E-state index contributed by atoms with van der Waals surface area (Å²) < 4.78 is 0. The zero-order valence-corrected chi connectivity index (χ0v) is 10.1. The lowest BCUT2D eigenvalue weighted by Crippen LogP contribution is -2.13. The summed E-state index contributed by atoms with van der Waals surface area (Å²) in [6.07, 6.45) is 2.91. The molecule has 16 heavy (non-hydrogen) atoms. The molecule has 3 heteroatoms. The van der Waals surface area contributed by atoms with E-state index >= 15 is 0 Å². The average Bonchev–Trinajstić information content (AvgIpc) is 2.70. The summed E-state index contributed by atoms with van der Waals surface area (Å²) in [6, 6.07) is 8.28. The predicted octanol–water partition coefficient (Wildman–Crippen LogP) is 2.60. The number of rotatable bonds is 4. The van der Waals surface area contributed by atoms with E-state index in [1.807, 2.05) is 12.3 Å². The van der Waals surface area contributed by atoms with E-state index in [0.717, 1.165) is 4.88 Å². The largest absolute Gasteiger partial charge is 0.392 e. The number of aromatic nitrogens is 1. The van der Waals surface area contributed by atoms with Crippen LogP contribution < -0.4 is 0 Å². The van der Waals surface area contributed by atoms with Gasteiger partial charge >= 0.3 is 0 Å². The van der Waals surface area contributed by atoms with E-state index in [2.05, 4.69) is 30.1 Å². The van der Waals surface area contributed by atoms with Crippen LogP contribution in [0.3, 0.4) is 0 Å². The maximum absolute atomic E-state index is 9.94. The second kappa shape index (κ2) is 5.23. The Balaban J connectivity index is 1.94. The lowest BCUT2D eigenvalue weighted by Gasteiger charge is -2.09. The monoisotopic (exact) mass is 233 g/mol. The standard InChI is InChI=1S/C13H15NOS/c1-10-3-2-4-11(5-10)6-12(15)7-13-8-14-9-16-13/h2-5,8-9,12,15H,6-7H2,1H3. The van der Waals surface area contributed by atoms with Crippen LogP contribution in [0.25, 0.3) is 0 Å². The van der Waals surface area contributed by atoms with Gasteiger partial charge in [-0.3, -0.25) is 4.98 Å². The van der Waals surface area contributed by atoms with Gasteiger partial charge in [-0.2, -0.15) is 0 Å². The smallest absolute Gasteiger partial charge is 0.0794 e. The summed E-state index contributed by atoms with van der Waals surface area (Å²) >= 11 is 1.59. The van der Waals surface area contributed by atoms with Crippen molar-refractivity contribution in [3.05, 3.63) is 52.0 Å². The molecule has 0 radical (unpaired) electrons. The summed E-state index contributed by atoms with van der Waals surface area (Å²) in [5.74, 6) is 0. The van der Waals surface area contributed by atoms with E-state index in [1.165, 1.54) is 11.1 Å². The van der Waals surface area contributed by atoms with Gasteiger partial charge < -0.3 is 5.11 Å². The van der Waals surface area contributed by atoms with E-state index in [-0.39, 0.29) is 6.10 Å². The van der Waals surface area contributed by atoms with Crippen molar-refractivity contribution < 1.29 is 5.11 Å². The van der Waals surface area contributed by atoms with Crippen molar-refractivity contribution in [1.29, 1.82) is 0 Å². The number of benzene rings is 1. The third kappa shape index (κ3) is 3.15. The van der Waals surface area contributed by atoms with Crippen molar-refractivity contribution in [2.24, 2.45) is 0 Å². The molecule has 0 fully saturated rings. The molecule has 0 aliphatic rings. The first-order valence-corrected chi connectivity index (χ1v) is 6.23. The predicted molar refractivity (Wildman–Crippen MR) is 66.7 cm³/mol. The molecule has 1 heterocycles. The van der Waals surface area contributed by atoms with E-state index in [9.17, 15) is 5.11 Å². The Morgan fingerprint density at radius 1 is 1.38 bits per heavy atom. The van der Waals surface area contributed by atoms with Gasteiger partial charge in [0.05, 0.1) is 11.6 Å². The summed E-state index contributed by atoms with van der Waals surface area (Å²) in [6.45, 7) is 2.07. The van der Waals surface area contributed by atoms with Gasteiger partial charge in [0.25, 0.3) is 0 Å². The first kappa shape index (κ1) is 11.3. The van der Waals surface area contributed by atoms with E-state index in [0.29, 0.717) is 12.8 Å². The Labute approximate surface area is 99.6 Å². The van der Waals surface area contributed by atoms with Crippen LogP contribution in [0.1, 0.15) is 16.0 Å². The minimum absolute atomic E-state index is 0.317. The maximum atomic E-state index is 9.94. The van der Waals surface area contributed by atoms with Gasteiger partial charge in [-0.15, -0.1) is 11.3 Å². The van der Waals surface area contributed by atoms with Crippen LogP contribution in [0.2, 0.25) is 0 Å². The summed E-state index contributed by atoms with van der Waals surface area (Å²) in [7, 11) is 0. The van der Waals surface area contributed by atoms with Crippen LogP contribution in [0, 0.1) is 6.92 Å². The van der Waals surface area contributed by atoms with Crippen molar-refractivity contribution in [2.75, 3.05) is 0 Å². The third-order valence-corrected chi connectivity index (χ3v) is 3.28. The van der Waals surface area contributed by atoms with Gasteiger partial charge in [-0.05, 0) is 18.9 Å². The molecule has 0 aliphatic heterocycles. The molecule has 1 unspecified atom stereocenters. The van der Waals surface area contributed by atoms with Crippen molar-refractivity contribution in [3.8, 4) is 0 Å². The fourth-order valence-electron chi connectivity index (χ4n) is 1.76. The zero-order chi connectivity index (χ0) is 11.4. The second-order valence-electron chi connectivity index (χ2n) is 4.02. The Morgan fingerprint density at radius 3 is 2.94 bits per heavy atom. The molecule has 0 bridgehead atoms. The highest BCUT2D eigenvalue weighted by atomic mass is 32.1. The fraction of sp³-hybridized carbons (Fsp3) is 0.308. The molecule has 2 aromatic rings. The first-order chi connectivity index (χ1) is 7.74. The molecule has 1 aromatic heterocycles. The van der Waals surface area contributed by atoms with Gasteiger partial charge in [0.2, 0.25) is 0 Å². The lowest BCUT2D eigenvalue weighted by molar-refractivity contribution is 0.176. The number of hydrogen-bond donors (Lipinski definition) is 1. The number of hydrogen-bond acceptors (Lipinski definition) is 3. The van der Waals surface area contributed by atoms with Gasteiger partial charge in [0.1, 0.15) is 0 Å². The van der Waals surface area contributed by atoms with Crippen molar-refractivity contribution >= 4 is 11.3 Å². The minimum atomic E-state index is -0.317. The molecule has 1 aromatic carbocycles. The van der Waals surface area contributed by atoms with Crippen LogP contribution in [0.15, 0.2) is 36.0 Å². The van der Waals surface area contributed by atoms with Crippen LogP contribution >= 0.6 is 11.3 Å². The topological polar surface area (TPSA) is 33.1 Å². The number of aliphatic hydroxyl groups is 1. The van der Waals surface area contributed by atoms with E-state index in [1.54, 1.807) is 16.8 Å². The lowest BCUT2D eigenvalue weighted by atomic mass is 10.0. The molecule has 0 spiro atoms. The zero-order valence-electron chi connectivity index (χ0n) is 9.26. The highest BCUT2D eigenvalue weighted by molar-refractivity contribution is 7.09. The van der Waals surface area contributed by atoms with Gasteiger partial charge in [0, 0.05) is 17.5 Å². The van der Waals surface area contributed by atoms with E-state index < -0.39 is 0 Å². The highest BCUT2D eigenvalue weighted by Gasteiger charge is 2.07. The van der Waals surface area contributed by atoms with Crippen LogP contribution in [-0.4, -0.2) is 16.2 Å². The summed E-state index contributed by atoms with van der Waals surface area (Å²) in [4.78, 5) is 5.14. The summed E-state index contributed by atoms with van der Waals surface area (Å²) in [5, 5.41) is 9.94. The van der Waals surface area contributed by atoms with E-state index in [4.69, 9.17) is 0 Å². The normalized spacial score (nSPS) is 12.6. The molecule has 0 aliphatic carbocycles. The molecule has 2 rings (SSSR count). The number of thiazole rings is 1.